The van der Waals surface area contributed by atoms with E-state index in [1.54, 1.807) is 0 Å². The number of sulfonamides is 1. The maximum absolute atomic E-state index is 10.9. The monoisotopic (exact) mass is 243 g/mol. The number of rotatable bonds is 2. The molecule has 14 heavy (non-hydrogen) atoms. The Labute approximate surface area is 106 Å². The molecule has 1 unspecified atom stereocenters. The van der Waals surface area contributed by atoms with Crippen LogP contribution in [0.25, 0.3) is 0 Å². The Kier molecular flexibility index (Phi) is 5.45. The molecule has 0 bridgehead atoms. The van der Waals surface area contributed by atoms with Crippen LogP contribution in [0.5, 0.6) is 0 Å². The van der Waals surface area contributed by atoms with Crippen molar-refractivity contribution >= 4 is 21.1 Å². The van der Waals surface area contributed by atoms with Gasteiger partial charge in [-0.25, -0.2) is 13.6 Å². The van der Waals surface area contributed by atoms with Gasteiger partial charge in [-0.2, -0.15) is 0 Å². The zero-order chi connectivity index (χ0) is 10.1. The molecule has 5 nitrogen and oxygen atoms in total. The minimum absolute atomic E-state index is 0. The van der Waals surface area contributed by atoms with Gasteiger partial charge in [-0.1, -0.05) is 12.1 Å². The van der Waals surface area contributed by atoms with Crippen LogP contribution in [0.4, 0.5) is 0 Å². The van der Waals surface area contributed by atoms with Crippen molar-refractivity contribution in [3.63, 3.8) is 0 Å². The summed E-state index contributed by atoms with van der Waals surface area (Å²) in [4.78, 5) is -0.701. The van der Waals surface area contributed by atoms with Crippen LogP contribution in [0.1, 0.15) is 0 Å². The molecule has 2 N–H and O–H groups in total. The van der Waals surface area contributed by atoms with Crippen molar-refractivity contribution in [3.8, 4) is 0 Å². The summed E-state index contributed by atoms with van der Waals surface area (Å²) in [5.74, 6) is 0. The number of benzene rings is 1. The normalized spacial score (nSPS) is 13.0. The summed E-state index contributed by atoms with van der Waals surface area (Å²) >= 11 is -2.60. The predicted octanol–water partition coefficient (Wildman–Crippen LogP) is -3.42. The minimum Gasteiger partial charge on any atom is -0.768 e. The molecule has 0 aliphatic heterocycles. The number of hydrogen-bond donors (Lipinski definition) is 1. The maximum Gasteiger partial charge on any atom is 1.00 e. The quantitative estimate of drug-likeness (QED) is 0.431. The Morgan fingerprint density at radius 2 is 1.79 bits per heavy atom. The van der Waals surface area contributed by atoms with Crippen molar-refractivity contribution in [3.05, 3.63) is 24.3 Å². The van der Waals surface area contributed by atoms with E-state index in [2.05, 4.69) is 0 Å². The predicted molar refractivity (Wildman–Crippen MR) is 45.0 cm³/mol. The van der Waals surface area contributed by atoms with Gasteiger partial charge in [-0.05, 0) is 23.2 Å². The molecule has 0 aliphatic rings. The zero-order valence-electron chi connectivity index (χ0n) is 7.34. The first-order valence-electron chi connectivity index (χ1n) is 3.14. The van der Waals surface area contributed by atoms with Crippen LogP contribution in [0.2, 0.25) is 0 Å². The first-order valence-corrected chi connectivity index (χ1v) is 5.76. The summed E-state index contributed by atoms with van der Waals surface area (Å²) in [7, 11) is -3.97. The molecule has 0 heterocycles. The van der Waals surface area contributed by atoms with E-state index in [4.69, 9.17) is 5.14 Å². The SMILES string of the molecule is NS(=O)(=O)c1ccccc1S(=O)[O-].[Na+]. The van der Waals surface area contributed by atoms with Crippen molar-refractivity contribution in [1.82, 2.24) is 0 Å². The van der Waals surface area contributed by atoms with Gasteiger partial charge in [-0.15, -0.1) is 0 Å². The average molecular weight is 243 g/mol. The molecule has 0 saturated carbocycles. The average Bonchev–Trinajstić information content (AvgIpc) is 2.03. The molecule has 0 saturated heterocycles. The molecule has 0 amide bonds. The van der Waals surface area contributed by atoms with Gasteiger partial charge < -0.3 is 4.55 Å². The molecule has 0 fully saturated rings. The molecular weight excluding hydrogens is 237 g/mol. The Balaban J connectivity index is 0.00000169. The van der Waals surface area contributed by atoms with Crippen LogP contribution in [0, 0.1) is 0 Å². The van der Waals surface area contributed by atoms with Crippen LogP contribution in [0.3, 0.4) is 0 Å². The molecular formula is C6H6NNaO4S2. The first-order chi connectivity index (χ1) is 5.93. The summed E-state index contributed by atoms with van der Waals surface area (Å²) < 4.78 is 42.8. The molecule has 0 spiro atoms. The molecule has 1 aromatic carbocycles. The van der Waals surface area contributed by atoms with Crippen LogP contribution < -0.4 is 34.7 Å². The third-order valence-electron chi connectivity index (χ3n) is 1.34. The van der Waals surface area contributed by atoms with Crippen LogP contribution in [0.15, 0.2) is 34.1 Å². The van der Waals surface area contributed by atoms with E-state index in [9.17, 15) is 17.2 Å². The molecule has 1 atom stereocenters. The van der Waals surface area contributed by atoms with Gasteiger partial charge in [0, 0.05) is 4.90 Å². The second-order valence-electron chi connectivity index (χ2n) is 2.23. The van der Waals surface area contributed by atoms with Crippen LogP contribution in [-0.2, 0) is 21.1 Å². The molecule has 0 radical (unpaired) electrons. The van der Waals surface area contributed by atoms with Gasteiger partial charge in [0.25, 0.3) is 0 Å². The molecule has 8 heteroatoms. The van der Waals surface area contributed by atoms with Gasteiger partial charge in [0.1, 0.15) is 0 Å². The fourth-order valence-electron chi connectivity index (χ4n) is 0.823. The van der Waals surface area contributed by atoms with Crippen LogP contribution in [-0.4, -0.2) is 17.2 Å². The molecule has 0 aliphatic carbocycles. The Bertz CT molecular complexity index is 445. The summed E-state index contributed by atoms with van der Waals surface area (Å²) in [6, 6.07) is 5.12. The van der Waals surface area contributed by atoms with Crippen molar-refractivity contribution in [1.29, 1.82) is 0 Å². The van der Waals surface area contributed by atoms with Gasteiger partial charge in [-0.3, -0.25) is 4.21 Å². The molecule has 72 valence electrons. The number of hydrogen-bond acceptors (Lipinski definition) is 4. The fraction of sp³-hybridized carbons (Fsp3) is 0. The second-order valence-corrected chi connectivity index (χ2v) is 4.67. The van der Waals surface area contributed by atoms with Gasteiger partial charge in [0.15, 0.2) is 0 Å². The number of nitrogens with two attached hydrogens (primary N) is 1. The van der Waals surface area contributed by atoms with Gasteiger partial charge in [0.05, 0.1) is 4.90 Å². The fourth-order valence-corrected chi connectivity index (χ4v) is 2.41. The van der Waals surface area contributed by atoms with Crippen molar-refractivity contribution in [2.45, 2.75) is 9.79 Å². The minimum atomic E-state index is -3.97. The van der Waals surface area contributed by atoms with Gasteiger partial charge in [0.2, 0.25) is 10.0 Å². The smallest absolute Gasteiger partial charge is 0.768 e. The van der Waals surface area contributed by atoms with E-state index in [-0.39, 0.29) is 39.3 Å². The summed E-state index contributed by atoms with van der Waals surface area (Å²) in [6.45, 7) is 0. The van der Waals surface area contributed by atoms with E-state index in [1.807, 2.05) is 0 Å². The third-order valence-corrected chi connectivity index (χ3v) is 3.15. The largest absolute Gasteiger partial charge is 1.00 e. The van der Waals surface area contributed by atoms with Crippen molar-refractivity contribution in [2.24, 2.45) is 5.14 Å². The Hall–Kier alpha value is 0.240. The topological polar surface area (TPSA) is 100 Å². The second kappa shape index (κ2) is 5.36. The maximum atomic E-state index is 10.9. The van der Waals surface area contributed by atoms with E-state index >= 15 is 0 Å². The Morgan fingerprint density at radius 3 is 2.14 bits per heavy atom. The molecule has 1 rings (SSSR count). The molecule has 1 aromatic rings. The number of primary sulfonamides is 1. The standard InChI is InChI=1S/C6H7NO4S2.Na/c7-13(10,11)6-4-2-1-3-5(6)12(8)9;/h1-4H,(H,8,9)(H2,7,10,11);/q;+1/p-1. The Morgan fingerprint density at radius 1 is 1.29 bits per heavy atom. The van der Waals surface area contributed by atoms with Crippen molar-refractivity contribution in [2.75, 3.05) is 0 Å². The summed E-state index contributed by atoms with van der Waals surface area (Å²) in [5.41, 5.74) is 0. The van der Waals surface area contributed by atoms with Crippen LogP contribution >= 0.6 is 0 Å². The van der Waals surface area contributed by atoms with E-state index < -0.39 is 21.1 Å². The molecule has 0 aromatic heterocycles. The van der Waals surface area contributed by atoms with E-state index in [0.717, 1.165) is 6.07 Å². The summed E-state index contributed by atoms with van der Waals surface area (Å²) in [5, 5.41) is 4.79. The van der Waals surface area contributed by atoms with Crippen molar-refractivity contribution < 1.29 is 46.7 Å². The zero-order valence-corrected chi connectivity index (χ0v) is 11.0. The van der Waals surface area contributed by atoms with E-state index in [1.165, 1.54) is 18.2 Å². The first kappa shape index (κ1) is 14.2. The van der Waals surface area contributed by atoms with E-state index in [0.29, 0.717) is 0 Å². The third kappa shape index (κ3) is 3.43. The van der Waals surface area contributed by atoms with Gasteiger partial charge >= 0.3 is 29.6 Å². The summed E-state index contributed by atoms with van der Waals surface area (Å²) in [6.07, 6.45) is 0.